The number of likely N-dealkylation sites (tertiary alicyclic amines) is 1. The van der Waals surface area contributed by atoms with Gasteiger partial charge in [0.2, 0.25) is 0 Å². The first-order valence-corrected chi connectivity index (χ1v) is 15.1. The van der Waals surface area contributed by atoms with Gasteiger partial charge in [-0.1, -0.05) is 138 Å². The number of unbranched alkanes of at least 4 members (excludes halogenated alkanes) is 13. The zero-order valence-electron chi connectivity index (χ0n) is 23.9. The third-order valence-electron chi connectivity index (χ3n) is 7.82. The van der Waals surface area contributed by atoms with Crippen LogP contribution in [0.15, 0.2) is 54.1 Å². The SMILES string of the molecule is CCCCCCCCCCCCCCCCN1C(=O)C(=O)C(=C(O)c2ccc(C)cc2)[C@@H]1c1ccccc1F. The second-order valence-corrected chi connectivity index (χ2v) is 11.0. The van der Waals surface area contributed by atoms with E-state index in [1.165, 1.54) is 81.6 Å². The topological polar surface area (TPSA) is 57.6 Å². The Morgan fingerprint density at radius 2 is 1.28 bits per heavy atom. The van der Waals surface area contributed by atoms with E-state index < -0.39 is 23.5 Å². The summed E-state index contributed by atoms with van der Waals surface area (Å²) in [6.07, 6.45) is 17.2. The lowest BCUT2D eigenvalue weighted by molar-refractivity contribution is -0.140. The lowest BCUT2D eigenvalue weighted by Crippen LogP contribution is -2.31. The van der Waals surface area contributed by atoms with Gasteiger partial charge >= 0.3 is 0 Å². The van der Waals surface area contributed by atoms with Crippen LogP contribution < -0.4 is 0 Å². The van der Waals surface area contributed by atoms with Gasteiger partial charge in [0.25, 0.3) is 11.7 Å². The molecule has 0 spiro atoms. The molecule has 212 valence electrons. The largest absolute Gasteiger partial charge is 0.507 e. The van der Waals surface area contributed by atoms with Crippen LogP contribution in [0.5, 0.6) is 0 Å². The van der Waals surface area contributed by atoms with Crippen LogP contribution in [0.3, 0.4) is 0 Å². The fourth-order valence-electron chi connectivity index (χ4n) is 5.47. The molecule has 39 heavy (non-hydrogen) atoms. The molecule has 5 heteroatoms. The Bertz CT molecular complexity index is 1090. The second kappa shape index (κ2) is 16.2. The fraction of sp³-hybridized carbons (Fsp3) is 0.529. The summed E-state index contributed by atoms with van der Waals surface area (Å²) >= 11 is 0. The minimum absolute atomic E-state index is 0.0423. The van der Waals surface area contributed by atoms with E-state index >= 15 is 0 Å². The van der Waals surface area contributed by atoms with E-state index in [0.717, 1.165) is 24.8 Å². The van der Waals surface area contributed by atoms with Crippen LogP contribution in [0.1, 0.15) is 120 Å². The van der Waals surface area contributed by atoms with E-state index in [9.17, 15) is 19.1 Å². The van der Waals surface area contributed by atoms with Crippen molar-refractivity contribution in [3.63, 3.8) is 0 Å². The van der Waals surface area contributed by atoms with E-state index in [1.54, 1.807) is 30.3 Å². The number of Topliss-reactive ketones (excluding diaryl/α,β-unsaturated/α-hetero) is 1. The number of hydrogen-bond donors (Lipinski definition) is 1. The summed E-state index contributed by atoms with van der Waals surface area (Å²) < 4.78 is 14.9. The average molecular weight is 536 g/mol. The highest BCUT2D eigenvalue weighted by molar-refractivity contribution is 6.46. The van der Waals surface area contributed by atoms with Crippen LogP contribution in [0, 0.1) is 12.7 Å². The molecule has 4 nitrogen and oxygen atoms in total. The maximum atomic E-state index is 14.9. The zero-order chi connectivity index (χ0) is 28.0. The Morgan fingerprint density at radius 1 is 0.769 bits per heavy atom. The van der Waals surface area contributed by atoms with E-state index in [0.29, 0.717) is 12.1 Å². The Hall–Kier alpha value is -2.95. The molecule has 1 amide bonds. The first-order chi connectivity index (χ1) is 19.0. The molecular formula is C34H46FNO3. The molecule has 0 unspecified atom stereocenters. The molecule has 0 bridgehead atoms. The van der Waals surface area contributed by atoms with Crippen LogP contribution >= 0.6 is 0 Å². The molecule has 1 N–H and O–H groups in total. The van der Waals surface area contributed by atoms with Crippen molar-refractivity contribution >= 4 is 17.4 Å². The number of amides is 1. The van der Waals surface area contributed by atoms with Crippen LogP contribution in [0.2, 0.25) is 0 Å². The number of rotatable bonds is 17. The summed E-state index contributed by atoms with van der Waals surface area (Å²) in [5.41, 5.74) is 1.64. The van der Waals surface area contributed by atoms with Crippen molar-refractivity contribution in [2.75, 3.05) is 6.54 Å². The summed E-state index contributed by atoms with van der Waals surface area (Å²) in [7, 11) is 0. The molecule has 2 aromatic carbocycles. The molecule has 1 fully saturated rings. The normalized spacial score (nSPS) is 16.8. The maximum absolute atomic E-state index is 14.9. The number of benzene rings is 2. The molecule has 0 aliphatic carbocycles. The van der Waals surface area contributed by atoms with Gasteiger partial charge in [-0.25, -0.2) is 4.39 Å². The van der Waals surface area contributed by atoms with E-state index in [4.69, 9.17) is 0 Å². The summed E-state index contributed by atoms with van der Waals surface area (Å²) in [5.74, 6) is -2.19. The lowest BCUT2D eigenvalue weighted by Gasteiger charge is -2.25. The minimum Gasteiger partial charge on any atom is -0.507 e. The highest BCUT2D eigenvalue weighted by atomic mass is 19.1. The summed E-state index contributed by atoms with van der Waals surface area (Å²) in [4.78, 5) is 27.6. The van der Waals surface area contributed by atoms with Gasteiger partial charge in [-0.15, -0.1) is 0 Å². The highest BCUT2D eigenvalue weighted by Gasteiger charge is 2.46. The maximum Gasteiger partial charge on any atom is 0.295 e. The monoisotopic (exact) mass is 535 g/mol. The minimum atomic E-state index is -0.936. The lowest BCUT2D eigenvalue weighted by atomic mass is 9.94. The summed E-state index contributed by atoms with van der Waals surface area (Å²) in [5, 5.41) is 11.1. The first-order valence-electron chi connectivity index (χ1n) is 15.1. The van der Waals surface area contributed by atoms with E-state index in [-0.39, 0.29) is 16.9 Å². The quantitative estimate of drug-likeness (QED) is 0.0951. The van der Waals surface area contributed by atoms with Crippen LogP contribution in [-0.4, -0.2) is 28.2 Å². The number of carbonyl (C=O) groups is 2. The number of aryl methyl sites for hydroxylation is 1. The predicted octanol–water partition coefficient (Wildman–Crippen LogP) is 9.04. The van der Waals surface area contributed by atoms with Crippen molar-refractivity contribution in [3.8, 4) is 0 Å². The van der Waals surface area contributed by atoms with Gasteiger partial charge in [-0.2, -0.15) is 0 Å². The van der Waals surface area contributed by atoms with Crippen LogP contribution in [-0.2, 0) is 9.59 Å². The zero-order valence-corrected chi connectivity index (χ0v) is 23.9. The van der Waals surface area contributed by atoms with Gasteiger partial charge in [0.1, 0.15) is 11.6 Å². The molecule has 1 atom stereocenters. The Morgan fingerprint density at radius 3 is 1.82 bits per heavy atom. The first kappa shape index (κ1) is 30.6. The van der Waals surface area contributed by atoms with Crippen molar-refractivity contribution in [3.05, 3.63) is 76.6 Å². The fourth-order valence-corrected chi connectivity index (χ4v) is 5.47. The molecule has 1 heterocycles. The molecular weight excluding hydrogens is 489 g/mol. The summed E-state index contributed by atoms with van der Waals surface area (Å²) in [6, 6.07) is 12.3. The van der Waals surface area contributed by atoms with Crippen molar-refractivity contribution in [1.29, 1.82) is 0 Å². The molecule has 2 aromatic rings. The van der Waals surface area contributed by atoms with E-state index in [1.807, 2.05) is 19.1 Å². The number of ketones is 1. The number of halogens is 1. The molecule has 3 rings (SSSR count). The molecule has 1 aliphatic rings. The van der Waals surface area contributed by atoms with Crippen LogP contribution in [0.25, 0.3) is 5.76 Å². The standard InChI is InChI=1S/C34H46FNO3/c1-3-4-5-6-7-8-9-10-11-12-13-14-15-18-25-36-31(28-19-16-17-20-29(28)35)30(33(38)34(36)39)32(37)27-23-21-26(2)22-24-27/h16-17,19-24,31,37H,3-15,18,25H2,1-2H3/t31-/m0/s1. The molecule has 1 aliphatic heterocycles. The van der Waals surface area contributed by atoms with Crippen molar-refractivity contribution in [2.24, 2.45) is 0 Å². The Balaban J connectivity index is 1.54. The molecule has 1 saturated heterocycles. The molecule has 0 aromatic heterocycles. The van der Waals surface area contributed by atoms with Crippen molar-refractivity contribution in [2.45, 2.75) is 110 Å². The third-order valence-corrected chi connectivity index (χ3v) is 7.82. The smallest absolute Gasteiger partial charge is 0.295 e. The van der Waals surface area contributed by atoms with Gasteiger partial charge in [-0.05, 0) is 19.4 Å². The second-order valence-electron chi connectivity index (χ2n) is 11.0. The number of carbonyl (C=O) groups excluding carboxylic acids is 2. The van der Waals surface area contributed by atoms with Crippen molar-refractivity contribution < 1.29 is 19.1 Å². The van der Waals surface area contributed by atoms with Gasteiger partial charge in [0.05, 0.1) is 11.6 Å². The predicted molar refractivity (Wildman–Crippen MR) is 157 cm³/mol. The van der Waals surface area contributed by atoms with Crippen LogP contribution in [0.4, 0.5) is 4.39 Å². The molecule has 0 radical (unpaired) electrons. The average Bonchev–Trinajstić information content (AvgIpc) is 3.18. The molecule has 0 saturated carbocycles. The summed E-state index contributed by atoms with van der Waals surface area (Å²) in [6.45, 7) is 4.53. The number of nitrogens with zero attached hydrogens (tertiary/aromatic N) is 1. The van der Waals surface area contributed by atoms with Gasteiger partial charge in [0.15, 0.2) is 0 Å². The van der Waals surface area contributed by atoms with Gasteiger partial charge in [0, 0.05) is 17.7 Å². The number of hydrogen-bond acceptors (Lipinski definition) is 3. The van der Waals surface area contributed by atoms with Gasteiger partial charge < -0.3 is 10.0 Å². The third kappa shape index (κ3) is 8.78. The Kier molecular flexibility index (Phi) is 12.7. The highest BCUT2D eigenvalue weighted by Crippen LogP contribution is 2.40. The number of aliphatic hydroxyl groups excluding tert-OH is 1. The Labute approximate surface area is 234 Å². The number of aliphatic hydroxyl groups is 1. The van der Waals surface area contributed by atoms with Crippen molar-refractivity contribution in [1.82, 2.24) is 4.90 Å². The van der Waals surface area contributed by atoms with Gasteiger partial charge in [-0.3, -0.25) is 9.59 Å². The van der Waals surface area contributed by atoms with E-state index in [2.05, 4.69) is 6.92 Å².